The largest absolute Gasteiger partial charge is 0.493 e. The molecule has 1 amide bonds. The van der Waals surface area contributed by atoms with Gasteiger partial charge in [0.05, 0.1) is 18.2 Å². The molecule has 0 unspecified atom stereocenters. The topological polar surface area (TPSA) is 50.8 Å². The number of nitrogens with one attached hydrogen (secondary N) is 1. The van der Waals surface area contributed by atoms with Crippen LogP contribution in [0.1, 0.15) is 19.4 Å². The molecule has 2 rings (SSSR count). The van der Waals surface area contributed by atoms with Crippen molar-refractivity contribution in [2.24, 2.45) is 0 Å². The number of hydrogen-bond donors (Lipinski definition) is 1. The molecule has 1 aliphatic heterocycles. The SMILES string of the molecule is CCOc1c(Br)cc(/C=C2\NC(=S)N(CC)C2=O)cc1OC. The Morgan fingerprint density at radius 2 is 2.14 bits per heavy atom. The number of thiocarbonyl (C=S) groups is 1. The van der Waals surface area contributed by atoms with E-state index in [9.17, 15) is 4.79 Å². The smallest absolute Gasteiger partial charge is 0.276 e. The zero-order valence-corrected chi connectivity index (χ0v) is 15.0. The van der Waals surface area contributed by atoms with Crippen LogP contribution in [-0.4, -0.2) is 36.2 Å². The number of carbonyl (C=O) groups is 1. The minimum Gasteiger partial charge on any atom is -0.493 e. The molecule has 7 heteroatoms. The lowest BCUT2D eigenvalue weighted by Crippen LogP contribution is -2.30. The average Bonchev–Trinajstić information content (AvgIpc) is 2.75. The lowest BCUT2D eigenvalue weighted by Gasteiger charge is -2.12. The van der Waals surface area contributed by atoms with E-state index in [0.717, 1.165) is 10.0 Å². The van der Waals surface area contributed by atoms with Crippen molar-refractivity contribution < 1.29 is 14.3 Å². The highest BCUT2D eigenvalue weighted by atomic mass is 79.9. The van der Waals surface area contributed by atoms with E-state index >= 15 is 0 Å². The van der Waals surface area contributed by atoms with Crippen molar-refractivity contribution in [1.82, 2.24) is 10.2 Å². The molecule has 118 valence electrons. The van der Waals surface area contributed by atoms with Gasteiger partial charge >= 0.3 is 0 Å². The maximum absolute atomic E-state index is 12.2. The zero-order chi connectivity index (χ0) is 16.3. The molecular weight excluding hydrogens is 368 g/mol. The van der Waals surface area contributed by atoms with Crippen LogP contribution in [0, 0.1) is 0 Å². The summed E-state index contributed by atoms with van der Waals surface area (Å²) < 4.78 is 11.7. The number of carbonyl (C=O) groups excluding carboxylic acids is 1. The number of rotatable bonds is 5. The quantitative estimate of drug-likeness (QED) is 0.624. The van der Waals surface area contributed by atoms with Gasteiger partial charge in [-0.15, -0.1) is 0 Å². The van der Waals surface area contributed by atoms with Gasteiger partial charge in [0, 0.05) is 6.54 Å². The Morgan fingerprint density at radius 1 is 1.41 bits per heavy atom. The summed E-state index contributed by atoms with van der Waals surface area (Å²) in [5.74, 6) is 1.11. The van der Waals surface area contributed by atoms with E-state index in [1.54, 1.807) is 13.2 Å². The lowest BCUT2D eigenvalue weighted by atomic mass is 10.1. The first-order valence-electron chi connectivity index (χ1n) is 6.86. The van der Waals surface area contributed by atoms with Crippen molar-refractivity contribution in [3.8, 4) is 11.5 Å². The molecule has 5 nitrogen and oxygen atoms in total. The molecule has 0 atom stereocenters. The number of ether oxygens (including phenoxy) is 2. The maximum Gasteiger partial charge on any atom is 0.276 e. The standard InChI is InChI=1S/C15H17BrN2O3S/c1-4-18-14(19)11(17-15(18)22)7-9-6-10(16)13(21-5-2)12(8-9)20-3/h6-8H,4-5H2,1-3H3,(H,17,22)/b11-7-. The molecule has 1 aromatic carbocycles. The van der Waals surface area contributed by atoms with Crippen LogP contribution in [0.15, 0.2) is 22.3 Å². The maximum atomic E-state index is 12.2. The molecular formula is C15H17BrN2O3S. The van der Waals surface area contributed by atoms with E-state index in [0.29, 0.717) is 35.5 Å². The Balaban J connectivity index is 2.38. The third-order valence-corrected chi connectivity index (χ3v) is 4.04. The summed E-state index contributed by atoms with van der Waals surface area (Å²) >= 11 is 8.60. The summed E-state index contributed by atoms with van der Waals surface area (Å²) in [4.78, 5) is 13.7. The summed E-state index contributed by atoms with van der Waals surface area (Å²) in [6.45, 7) is 4.86. The van der Waals surface area contributed by atoms with Crippen molar-refractivity contribution in [2.75, 3.05) is 20.3 Å². The fourth-order valence-electron chi connectivity index (χ4n) is 2.13. The number of halogens is 1. The highest BCUT2D eigenvalue weighted by Crippen LogP contribution is 2.37. The van der Waals surface area contributed by atoms with Gasteiger partial charge in [0.15, 0.2) is 16.6 Å². The van der Waals surface area contributed by atoms with Crippen LogP contribution in [0.25, 0.3) is 6.08 Å². The monoisotopic (exact) mass is 384 g/mol. The summed E-state index contributed by atoms with van der Waals surface area (Å²) in [5.41, 5.74) is 1.26. The lowest BCUT2D eigenvalue weighted by molar-refractivity contribution is -0.122. The molecule has 0 aromatic heterocycles. The number of methoxy groups -OCH3 is 1. The minimum atomic E-state index is -0.128. The molecule has 1 saturated heterocycles. The average molecular weight is 385 g/mol. The van der Waals surface area contributed by atoms with E-state index in [1.165, 1.54) is 4.90 Å². The summed E-state index contributed by atoms with van der Waals surface area (Å²) in [6.07, 6.45) is 1.74. The second-order valence-electron chi connectivity index (χ2n) is 4.50. The van der Waals surface area contributed by atoms with Gasteiger partial charge in [-0.05, 0) is 65.8 Å². The third kappa shape index (κ3) is 3.25. The normalized spacial score (nSPS) is 16.2. The van der Waals surface area contributed by atoms with Crippen LogP contribution >= 0.6 is 28.1 Å². The Morgan fingerprint density at radius 3 is 2.68 bits per heavy atom. The van der Waals surface area contributed by atoms with Crippen LogP contribution < -0.4 is 14.8 Å². The van der Waals surface area contributed by atoms with Crippen molar-refractivity contribution in [3.05, 3.63) is 27.9 Å². The fraction of sp³-hybridized carbons (Fsp3) is 0.333. The van der Waals surface area contributed by atoms with Crippen LogP contribution in [0.5, 0.6) is 11.5 Å². The predicted molar refractivity (Wildman–Crippen MR) is 93.0 cm³/mol. The second-order valence-corrected chi connectivity index (χ2v) is 5.75. The molecule has 22 heavy (non-hydrogen) atoms. The van der Waals surface area contributed by atoms with Gasteiger partial charge in [0.2, 0.25) is 0 Å². The summed E-state index contributed by atoms with van der Waals surface area (Å²) in [5, 5.41) is 3.36. The summed E-state index contributed by atoms with van der Waals surface area (Å²) in [7, 11) is 1.58. The van der Waals surface area contributed by atoms with Gasteiger partial charge in [0.1, 0.15) is 5.70 Å². The van der Waals surface area contributed by atoms with E-state index in [2.05, 4.69) is 21.2 Å². The van der Waals surface area contributed by atoms with E-state index < -0.39 is 0 Å². The van der Waals surface area contributed by atoms with Crippen LogP contribution in [0.4, 0.5) is 0 Å². The highest BCUT2D eigenvalue weighted by molar-refractivity contribution is 9.10. The number of hydrogen-bond acceptors (Lipinski definition) is 4. The van der Waals surface area contributed by atoms with Gasteiger partial charge in [0.25, 0.3) is 5.91 Å². The van der Waals surface area contributed by atoms with E-state index in [-0.39, 0.29) is 5.91 Å². The number of nitrogens with zero attached hydrogens (tertiary/aromatic N) is 1. The van der Waals surface area contributed by atoms with Crippen LogP contribution in [-0.2, 0) is 4.79 Å². The van der Waals surface area contributed by atoms with Crippen molar-refractivity contribution >= 4 is 45.2 Å². The van der Waals surface area contributed by atoms with Crippen LogP contribution in [0.3, 0.4) is 0 Å². The van der Waals surface area contributed by atoms with E-state index in [1.807, 2.05) is 26.0 Å². The molecule has 0 saturated carbocycles. The van der Waals surface area contributed by atoms with E-state index in [4.69, 9.17) is 21.7 Å². The molecule has 1 aliphatic rings. The molecule has 0 aliphatic carbocycles. The number of amides is 1. The van der Waals surface area contributed by atoms with Gasteiger partial charge in [-0.1, -0.05) is 0 Å². The van der Waals surface area contributed by atoms with Crippen molar-refractivity contribution in [3.63, 3.8) is 0 Å². The van der Waals surface area contributed by atoms with Crippen LogP contribution in [0.2, 0.25) is 0 Å². The Bertz CT molecular complexity index is 646. The second kappa shape index (κ2) is 7.11. The fourth-order valence-corrected chi connectivity index (χ4v) is 3.03. The van der Waals surface area contributed by atoms with Gasteiger partial charge in [-0.2, -0.15) is 0 Å². The van der Waals surface area contributed by atoms with Crippen molar-refractivity contribution in [2.45, 2.75) is 13.8 Å². The molecule has 1 N–H and O–H groups in total. The predicted octanol–water partition coefficient (Wildman–Crippen LogP) is 2.93. The minimum absolute atomic E-state index is 0.128. The Hall–Kier alpha value is -1.60. The number of likely N-dealkylation sites (N-methyl/N-ethyl adjacent to an activating group) is 1. The molecule has 0 bridgehead atoms. The van der Waals surface area contributed by atoms with Crippen molar-refractivity contribution in [1.29, 1.82) is 0 Å². The highest BCUT2D eigenvalue weighted by Gasteiger charge is 2.29. The molecule has 1 heterocycles. The Kier molecular flexibility index (Phi) is 5.42. The molecule has 0 spiro atoms. The first-order valence-corrected chi connectivity index (χ1v) is 8.06. The molecule has 0 radical (unpaired) electrons. The Labute approximate surface area is 143 Å². The molecule has 1 fully saturated rings. The molecule has 1 aromatic rings. The number of benzene rings is 1. The van der Waals surface area contributed by atoms with Gasteiger partial charge in [-0.3, -0.25) is 9.69 Å². The van der Waals surface area contributed by atoms with Gasteiger partial charge in [-0.25, -0.2) is 0 Å². The zero-order valence-electron chi connectivity index (χ0n) is 12.6. The van der Waals surface area contributed by atoms with Gasteiger partial charge < -0.3 is 14.8 Å². The third-order valence-electron chi connectivity index (χ3n) is 3.13. The first kappa shape index (κ1) is 16.8. The summed E-state index contributed by atoms with van der Waals surface area (Å²) in [6, 6.07) is 3.68. The first-order chi connectivity index (χ1) is 10.5.